The number of nitrogens with one attached hydrogen (secondary N) is 2. The van der Waals surface area contributed by atoms with Crippen molar-refractivity contribution in [1.82, 2.24) is 19.8 Å². The zero-order valence-corrected chi connectivity index (χ0v) is 24.1. The van der Waals surface area contributed by atoms with Crippen molar-refractivity contribution in [3.8, 4) is 0 Å². The van der Waals surface area contributed by atoms with Crippen LogP contribution in [0.2, 0.25) is 5.02 Å². The molecule has 0 aliphatic carbocycles. The van der Waals surface area contributed by atoms with Gasteiger partial charge >= 0.3 is 0 Å². The fourth-order valence-corrected chi connectivity index (χ4v) is 5.86. The molecular weight excluding hydrogens is 548 g/mol. The highest BCUT2D eigenvalue weighted by Gasteiger charge is 2.26. The summed E-state index contributed by atoms with van der Waals surface area (Å²) >= 11 is 5.84. The zero-order chi connectivity index (χ0) is 28.5. The Morgan fingerprint density at radius 2 is 1.52 bits per heavy atom. The van der Waals surface area contributed by atoms with Crippen LogP contribution in [-0.2, 0) is 39.0 Å². The van der Waals surface area contributed by atoms with Gasteiger partial charge in [0.1, 0.15) is 6.04 Å². The zero-order valence-electron chi connectivity index (χ0n) is 22.6. The smallest absolute Gasteiger partial charge is 0.244 e. The van der Waals surface area contributed by atoms with Gasteiger partial charge < -0.3 is 10.2 Å². The number of carbonyl (C=O) groups is 2. The van der Waals surface area contributed by atoms with Gasteiger partial charge in [0.05, 0.1) is 11.3 Å². The van der Waals surface area contributed by atoms with E-state index in [2.05, 4.69) is 27.1 Å². The van der Waals surface area contributed by atoms with Gasteiger partial charge in [0, 0.05) is 44.3 Å². The molecule has 4 rings (SSSR count). The van der Waals surface area contributed by atoms with Crippen LogP contribution in [0, 0.1) is 0 Å². The molecule has 212 valence electrons. The van der Waals surface area contributed by atoms with Crippen molar-refractivity contribution in [2.75, 3.05) is 32.7 Å². The van der Waals surface area contributed by atoms with Crippen molar-refractivity contribution in [2.24, 2.45) is 0 Å². The lowest BCUT2D eigenvalue weighted by molar-refractivity contribution is -0.137. The summed E-state index contributed by atoms with van der Waals surface area (Å²) in [5.41, 5.74) is 2.96. The maximum absolute atomic E-state index is 13.0. The number of halogens is 1. The number of amides is 2. The van der Waals surface area contributed by atoms with Crippen molar-refractivity contribution in [3.63, 3.8) is 0 Å². The number of benzene rings is 3. The van der Waals surface area contributed by atoms with Crippen LogP contribution >= 0.6 is 11.6 Å². The Hall–Kier alpha value is -3.24. The van der Waals surface area contributed by atoms with Crippen LogP contribution in [0.1, 0.15) is 23.6 Å². The van der Waals surface area contributed by atoms with Crippen molar-refractivity contribution < 1.29 is 18.0 Å². The van der Waals surface area contributed by atoms with E-state index in [4.69, 9.17) is 11.6 Å². The molecule has 2 N–H and O–H groups in total. The molecule has 0 bridgehead atoms. The van der Waals surface area contributed by atoms with Crippen molar-refractivity contribution in [1.29, 1.82) is 0 Å². The van der Waals surface area contributed by atoms with E-state index in [1.54, 1.807) is 6.92 Å². The summed E-state index contributed by atoms with van der Waals surface area (Å²) in [6, 6.07) is 23.1. The third-order valence-corrected chi connectivity index (χ3v) is 8.60. The first-order chi connectivity index (χ1) is 19.2. The normalized spacial score (nSPS) is 15.0. The molecule has 0 unspecified atom stereocenters. The molecule has 0 spiro atoms. The van der Waals surface area contributed by atoms with E-state index >= 15 is 0 Å². The second-order valence-corrected chi connectivity index (χ2v) is 12.2. The number of hydrogen-bond acceptors (Lipinski definition) is 5. The average molecular weight is 583 g/mol. The van der Waals surface area contributed by atoms with E-state index in [0.717, 1.165) is 30.8 Å². The average Bonchev–Trinajstić information content (AvgIpc) is 2.94. The molecule has 1 heterocycles. The maximum atomic E-state index is 13.0. The highest BCUT2D eigenvalue weighted by molar-refractivity contribution is 7.89. The van der Waals surface area contributed by atoms with Crippen LogP contribution < -0.4 is 10.0 Å². The van der Waals surface area contributed by atoms with E-state index in [0.29, 0.717) is 24.5 Å². The number of sulfonamides is 1. The molecule has 1 fully saturated rings. The van der Waals surface area contributed by atoms with Gasteiger partial charge in [-0.05, 0) is 54.3 Å². The van der Waals surface area contributed by atoms with Crippen molar-refractivity contribution in [2.45, 2.75) is 37.2 Å². The minimum absolute atomic E-state index is 0.0746. The second kappa shape index (κ2) is 13.9. The van der Waals surface area contributed by atoms with E-state index < -0.39 is 16.1 Å². The van der Waals surface area contributed by atoms with Crippen molar-refractivity contribution in [3.05, 3.63) is 101 Å². The molecule has 40 heavy (non-hydrogen) atoms. The van der Waals surface area contributed by atoms with Gasteiger partial charge in [0.2, 0.25) is 21.8 Å². The Morgan fingerprint density at radius 3 is 2.23 bits per heavy atom. The molecule has 3 aromatic carbocycles. The summed E-state index contributed by atoms with van der Waals surface area (Å²) in [6.45, 7) is 5.66. The van der Waals surface area contributed by atoms with E-state index in [9.17, 15) is 18.0 Å². The lowest BCUT2D eigenvalue weighted by atomic mass is 10.1. The molecule has 10 heteroatoms. The molecule has 8 nitrogen and oxygen atoms in total. The van der Waals surface area contributed by atoms with Gasteiger partial charge in [-0.25, -0.2) is 13.1 Å². The van der Waals surface area contributed by atoms with Crippen LogP contribution in [0.15, 0.2) is 83.8 Å². The molecule has 0 aromatic heterocycles. The van der Waals surface area contributed by atoms with E-state index in [1.165, 1.54) is 29.8 Å². The number of nitrogens with zero attached hydrogens (tertiary/aromatic N) is 2. The topological polar surface area (TPSA) is 98.8 Å². The number of carbonyl (C=O) groups excluding carboxylic acids is 2. The van der Waals surface area contributed by atoms with Crippen LogP contribution in [0.4, 0.5) is 0 Å². The van der Waals surface area contributed by atoms with E-state index in [-0.39, 0.29) is 29.7 Å². The van der Waals surface area contributed by atoms with Crippen LogP contribution in [0.3, 0.4) is 0 Å². The Labute approximate surface area is 241 Å². The summed E-state index contributed by atoms with van der Waals surface area (Å²) in [4.78, 5) is 30.0. The van der Waals surface area contributed by atoms with Crippen molar-refractivity contribution >= 4 is 33.4 Å². The van der Waals surface area contributed by atoms with Gasteiger partial charge in [-0.3, -0.25) is 14.5 Å². The predicted octanol–water partition coefficient (Wildman–Crippen LogP) is 3.25. The fraction of sp³-hybridized carbons (Fsp3) is 0.333. The van der Waals surface area contributed by atoms with Crippen LogP contribution in [0.25, 0.3) is 0 Å². The highest BCUT2D eigenvalue weighted by atomic mass is 35.5. The minimum Gasteiger partial charge on any atom is -0.344 e. The first-order valence-corrected chi connectivity index (χ1v) is 15.2. The third-order valence-electron chi connectivity index (χ3n) is 6.87. The Kier molecular flexibility index (Phi) is 10.3. The molecule has 1 atom stereocenters. The number of piperazine rings is 1. The maximum Gasteiger partial charge on any atom is 0.244 e. The standard InChI is InChI=1S/C30H35ClN4O4S/c1-23(30(37)35-18-16-34(17-19-35)22-25-6-3-2-4-7-25)33-29(36)21-26-9-5-8-24(20-26)14-15-32-40(38,39)28-12-10-27(31)11-13-28/h2-13,20,23,32H,14-19,21-22H2,1H3,(H,33,36)/t23-/m0/s1. The molecule has 2 amide bonds. The monoisotopic (exact) mass is 582 g/mol. The third kappa shape index (κ3) is 8.63. The van der Waals surface area contributed by atoms with E-state index in [1.807, 2.05) is 47.4 Å². The quantitative estimate of drug-likeness (QED) is 0.362. The van der Waals surface area contributed by atoms with Gasteiger partial charge in [-0.2, -0.15) is 0 Å². The molecule has 1 aliphatic heterocycles. The summed E-state index contributed by atoms with van der Waals surface area (Å²) in [5.74, 6) is -0.307. The molecule has 3 aromatic rings. The highest BCUT2D eigenvalue weighted by Crippen LogP contribution is 2.14. The predicted molar refractivity (Wildman–Crippen MR) is 156 cm³/mol. The molecule has 1 saturated heterocycles. The minimum atomic E-state index is -3.64. The Bertz CT molecular complexity index is 1390. The molecule has 0 saturated carbocycles. The second-order valence-electron chi connectivity index (χ2n) is 9.97. The van der Waals surface area contributed by atoms with Crippen LogP contribution in [-0.4, -0.2) is 68.8 Å². The molecule has 0 radical (unpaired) electrons. The van der Waals surface area contributed by atoms with Crippen LogP contribution in [0.5, 0.6) is 0 Å². The SMILES string of the molecule is C[C@H](NC(=O)Cc1cccc(CCNS(=O)(=O)c2ccc(Cl)cc2)c1)C(=O)N1CCN(Cc2ccccc2)CC1. The first-order valence-electron chi connectivity index (χ1n) is 13.4. The summed E-state index contributed by atoms with van der Waals surface area (Å²) in [5, 5.41) is 3.30. The largest absolute Gasteiger partial charge is 0.344 e. The summed E-state index contributed by atoms with van der Waals surface area (Å²) in [6.07, 6.45) is 0.597. The molecular formula is C30H35ClN4O4S. The van der Waals surface area contributed by atoms with Gasteiger partial charge in [-0.1, -0.05) is 66.2 Å². The number of hydrogen-bond donors (Lipinski definition) is 2. The fourth-order valence-electron chi connectivity index (χ4n) is 4.70. The van der Waals surface area contributed by atoms with Gasteiger partial charge in [0.25, 0.3) is 0 Å². The van der Waals surface area contributed by atoms with Gasteiger partial charge in [-0.15, -0.1) is 0 Å². The first kappa shape index (κ1) is 29.7. The summed E-state index contributed by atoms with van der Waals surface area (Å²) < 4.78 is 27.5. The Morgan fingerprint density at radius 1 is 0.875 bits per heavy atom. The lowest BCUT2D eigenvalue weighted by Gasteiger charge is -2.36. The number of rotatable bonds is 11. The summed E-state index contributed by atoms with van der Waals surface area (Å²) in [7, 11) is -3.64. The molecule has 1 aliphatic rings. The Balaban J connectivity index is 1.21. The van der Waals surface area contributed by atoms with Gasteiger partial charge in [0.15, 0.2) is 0 Å². The lowest BCUT2D eigenvalue weighted by Crippen LogP contribution is -2.54.